The summed E-state index contributed by atoms with van der Waals surface area (Å²) in [6.07, 6.45) is 6.21. The summed E-state index contributed by atoms with van der Waals surface area (Å²) in [6.45, 7) is 5.36. The minimum atomic E-state index is -0.934. The summed E-state index contributed by atoms with van der Waals surface area (Å²) >= 11 is 0. The lowest BCUT2D eigenvalue weighted by Crippen LogP contribution is -2.49. The number of benzene rings is 1. The van der Waals surface area contributed by atoms with Gasteiger partial charge in [0.2, 0.25) is 11.8 Å². The monoisotopic (exact) mass is 469 g/mol. The van der Waals surface area contributed by atoms with E-state index in [0.717, 1.165) is 49.4 Å². The number of hydrogen-bond donors (Lipinski definition) is 3. The molecule has 9 heteroatoms. The standard InChI is InChI=1S/C25H35N5O4/c1-3-4-10-20(22(32)26-18-8-7-9-19(15-18)29-13-5-6-14-29)27-21(31)16-30-23(33)25(2,17-11-12-17)28-24(30)34/h7-9,15,17,20H,3-6,10-14,16H2,1-2H3,(H,26,32)(H,27,31)(H,28,34). The van der Waals surface area contributed by atoms with Crippen LogP contribution in [0, 0.1) is 5.92 Å². The molecule has 1 saturated carbocycles. The molecule has 34 heavy (non-hydrogen) atoms. The lowest BCUT2D eigenvalue weighted by molar-refractivity contribution is -0.135. The van der Waals surface area contributed by atoms with Crippen LogP contribution >= 0.6 is 0 Å². The third kappa shape index (κ3) is 5.18. The van der Waals surface area contributed by atoms with E-state index in [1.54, 1.807) is 6.92 Å². The number of carbonyl (C=O) groups is 4. The summed E-state index contributed by atoms with van der Waals surface area (Å²) in [4.78, 5) is 54.3. The maximum Gasteiger partial charge on any atom is 0.325 e. The van der Waals surface area contributed by atoms with Crippen molar-refractivity contribution in [1.82, 2.24) is 15.5 Å². The third-order valence-corrected chi connectivity index (χ3v) is 7.08. The molecule has 3 fully saturated rings. The van der Waals surface area contributed by atoms with Crippen LogP contribution in [0.5, 0.6) is 0 Å². The molecule has 1 aromatic rings. The fraction of sp³-hybridized carbons (Fsp3) is 0.600. The van der Waals surface area contributed by atoms with Crippen LogP contribution < -0.4 is 20.9 Å². The Morgan fingerprint density at radius 1 is 1.21 bits per heavy atom. The molecule has 0 bridgehead atoms. The molecular formula is C25H35N5O4. The molecular weight excluding hydrogens is 434 g/mol. The summed E-state index contributed by atoms with van der Waals surface area (Å²) in [5, 5.41) is 8.42. The molecule has 2 heterocycles. The number of rotatable bonds is 10. The van der Waals surface area contributed by atoms with Crippen molar-refractivity contribution in [2.24, 2.45) is 5.92 Å². The number of carbonyl (C=O) groups excluding carboxylic acids is 4. The van der Waals surface area contributed by atoms with Gasteiger partial charge in [0.15, 0.2) is 0 Å². The van der Waals surface area contributed by atoms with Crippen LogP contribution in [0.4, 0.5) is 16.2 Å². The van der Waals surface area contributed by atoms with Crippen molar-refractivity contribution < 1.29 is 19.2 Å². The fourth-order valence-electron chi connectivity index (χ4n) is 4.84. The highest BCUT2D eigenvalue weighted by Crippen LogP contribution is 2.42. The normalized spacial score (nSPS) is 23.1. The van der Waals surface area contributed by atoms with E-state index in [0.29, 0.717) is 12.1 Å². The van der Waals surface area contributed by atoms with E-state index < -0.39 is 30.1 Å². The highest BCUT2D eigenvalue weighted by Gasteiger charge is 2.56. The van der Waals surface area contributed by atoms with Gasteiger partial charge in [-0.15, -0.1) is 0 Å². The Kier molecular flexibility index (Phi) is 7.09. The van der Waals surface area contributed by atoms with Crippen LogP contribution in [0.1, 0.15) is 58.8 Å². The summed E-state index contributed by atoms with van der Waals surface area (Å²) in [7, 11) is 0. The van der Waals surface area contributed by atoms with Gasteiger partial charge in [-0.2, -0.15) is 0 Å². The maximum atomic E-state index is 13.1. The van der Waals surface area contributed by atoms with Gasteiger partial charge < -0.3 is 20.9 Å². The lowest BCUT2D eigenvalue weighted by atomic mass is 9.96. The van der Waals surface area contributed by atoms with E-state index in [1.807, 2.05) is 31.2 Å². The molecule has 4 rings (SSSR count). The largest absolute Gasteiger partial charge is 0.371 e. The van der Waals surface area contributed by atoms with Gasteiger partial charge in [0.1, 0.15) is 18.1 Å². The Hall–Kier alpha value is -3.10. The van der Waals surface area contributed by atoms with Crippen LogP contribution in [0.2, 0.25) is 0 Å². The van der Waals surface area contributed by atoms with Gasteiger partial charge in [0, 0.05) is 24.5 Å². The average molecular weight is 470 g/mol. The van der Waals surface area contributed by atoms with E-state index in [-0.39, 0.29) is 17.7 Å². The number of hydrogen-bond acceptors (Lipinski definition) is 5. The Morgan fingerprint density at radius 3 is 2.62 bits per heavy atom. The predicted octanol–water partition coefficient (Wildman–Crippen LogP) is 2.62. The van der Waals surface area contributed by atoms with Crippen LogP contribution in [-0.4, -0.2) is 59.9 Å². The van der Waals surface area contributed by atoms with Gasteiger partial charge in [0.25, 0.3) is 5.91 Å². The Morgan fingerprint density at radius 2 is 1.94 bits per heavy atom. The van der Waals surface area contributed by atoms with Crippen LogP contribution in [0.15, 0.2) is 24.3 Å². The van der Waals surface area contributed by atoms with Gasteiger partial charge in [0.05, 0.1) is 0 Å². The van der Waals surface area contributed by atoms with E-state index in [1.165, 1.54) is 12.8 Å². The molecule has 2 saturated heterocycles. The molecule has 2 unspecified atom stereocenters. The van der Waals surface area contributed by atoms with Crippen molar-refractivity contribution in [3.63, 3.8) is 0 Å². The van der Waals surface area contributed by atoms with Crippen molar-refractivity contribution in [3.05, 3.63) is 24.3 Å². The van der Waals surface area contributed by atoms with E-state index >= 15 is 0 Å². The SMILES string of the molecule is CCCCC(NC(=O)CN1C(=O)NC(C)(C2CC2)C1=O)C(=O)Nc1cccc(N2CCCC2)c1. The molecule has 2 atom stereocenters. The topological polar surface area (TPSA) is 111 Å². The number of nitrogens with one attached hydrogen (secondary N) is 3. The van der Waals surface area contributed by atoms with Gasteiger partial charge in [-0.3, -0.25) is 19.3 Å². The molecule has 0 radical (unpaired) electrons. The number of nitrogens with zero attached hydrogens (tertiary/aromatic N) is 2. The van der Waals surface area contributed by atoms with Crippen LogP contribution in [-0.2, 0) is 14.4 Å². The zero-order valence-electron chi connectivity index (χ0n) is 20.1. The average Bonchev–Trinajstić information content (AvgIpc) is 3.49. The Labute approximate surface area is 200 Å². The van der Waals surface area contributed by atoms with Crippen molar-refractivity contribution in [1.29, 1.82) is 0 Å². The van der Waals surface area contributed by atoms with Gasteiger partial charge in [-0.25, -0.2) is 4.79 Å². The van der Waals surface area contributed by atoms with E-state index in [9.17, 15) is 19.2 Å². The first-order valence-electron chi connectivity index (χ1n) is 12.4. The van der Waals surface area contributed by atoms with Gasteiger partial charge in [-0.1, -0.05) is 25.8 Å². The molecule has 3 N–H and O–H groups in total. The number of amides is 5. The molecule has 184 valence electrons. The van der Waals surface area contributed by atoms with Crippen molar-refractivity contribution in [3.8, 4) is 0 Å². The molecule has 1 aromatic carbocycles. The molecule has 3 aliphatic rings. The number of urea groups is 1. The zero-order valence-corrected chi connectivity index (χ0v) is 20.1. The summed E-state index contributed by atoms with van der Waals surface area (Å²) in [5.41, 5.74) is 0.817. The van der Waals surface area contributed by atoms with Crippen LogP contribution in [0.3, 0.4) is 0 Å². The highest BCUT2D eigenvalue weighted by atomic mass is 16.2. The minimum Gasteiger partial charge on any atom is -0.371 e. The van der Waals surface area contributed by atoms with Crippen molar-refractivity contribution in [2.45, 2.75) is 70.4 Å². The summed E-state index contributed by atoms with van der Waals surface area (Å²) in [5.74, 6) is -1.08. The third-order valence-electron chi connectivity index (χ3n) is 7.08. The molecule has 1 aliphatic carbocycles. The van der Waals surface area contributed by atoms with Crippen molar-refractivity contribution >= 4 is 35.1 Å². The van der Waals surface area contributed by atoms with Crippen molar-refractivity contribution in [2.75, 3.05) is 29.9 Å². The summed E-state index contributed by atoms with van der Waals surface area (Å²) < 4.78 is 0. The smallest absolute Gasteiger partial charge is 0.325 e. The second-order valence-electron chi connectivity index (χ2n) is 9.79. The second kappa shape index (κ2) is 10.0. The van der Waals surface area contributed by atoms with Gasteiger partial charge in [-0.05, 0) is 63.1 Å². The molecule has 5 amide bonds. The number of imide groups is 1. The molecule has 0 spiro atoms. The quantitative estimate of drug-likeness (QED) is 0.456. The lowest BCUT2D eigenvalue weighted by Gasteiger charge is -2.22. The van der Waals surface area contributed by atoms with E-state index in [4.69, 9.17) is 0 Å². The molecule has 2 aliphatic heterocycles. The number of unbranched alkanes of at least 4 members (excludes halogenated alkanes) is 1. The maximum absolute atomic E-state index is 13.1. The number of anilines is 2. The predicted molar refractivity (Wildman–Crippen MR) is 129 cm³/mol. The van der Waals surface area contributed by atoms with Crippen LogP contribution in [0.25, 0.3) is 0 Å². The highest BCUT2D eigenvalue weighted by molar-refractivity contribution is 6.09. The van der Waals surface area contributed by atoms with Gasteiger partial charge >= 0.3 is 6.03 Å². The Balaban J connectivity index is 1.38. The first kappa shape index (κ1) is 24.0. The summed E-state index contributed by atoms with van der Waals surface area (Å²) in [6, 6.07) is 6.43. The molecule has 0 aromatic heterocycles. The minimum absolute atomic E-state index is 0.122. The zero-order chi connectivity index (χ0) is 24.3. The Bertz CT molecular complexity index is 956. The van der Waals surface area contributed by atoms with E-state index in [2.05, 4.69) is 20.9 Å². The second-order valence-corrected chi connectivity index (χ2v) is 9.79. The fourth-order valence-corrected chi connectivity index (χ4v) is 4.84. The first-order valence-corrected chi connectivity index (χ1v) is 12.4. The first-order chi connectivity index (χ1) is 16.3. The molecule has 9 nitrogen and oxygen atoms in total.